The van der Waals surface area contributed by atoms with Crippen LogP contribution >= 0.6 is 23.5 Å². The van der Waals surface area contributed by atoms with Crippen LogP contribution in [-0.4, -0.2) is 42.6 Å². The summed E-state index contributed by atoms with van der Waals surface area (Å²) < 4.78 is 27.0. The summed E-state index contributed by atoms with van der Waals surface area (Å²) in [5.41, 5.74) is 0.711. The van der Waals surface area contributed by atoms with Crippen molar-refractivity contribution in [3.63, 3.8) is 0 Å². The van der Waals surface area contributed by atoms with Crippen molar-refractivity contribution in [1.82, 2.24) is 4.72 Å². The molecule has 1 aliphatic heterocycles. The van der Waals surface area contributed by atoms with Gasteiger partial charge in [-0.25, -0.2) is 13.1 Å². The first kappa shape index (κ1) is 16.2. The smallest absolute Gasteiger partial charge is 0.240 e. The first-order valence-electron chi connectivity index (χ1n) is 6.46. The maximum absolute atomic E-state index is 12.2. The molecule has 1 aromatic rings. The van der Waals surface area contributed by atoms with Gasteiger partial charge in [-0.3, -0.25) is 0 Å². The fraction of sp³-hybridized carbons (Fsp3) is 0.538. The van der Waals surface area contributed by atoms with E-state index in [1.807, 2.05) is 23.5 Å². The Balaban J connectivity index is 1.98. The van der Waals surface area contributed by atoms with Crippen LogP contribution in [0.2, 0.25) is 0 Å². The number of aliphatic hydroxyl groups is 1. The lowest BCUT2D eigenvalue weighted by Crippen LogP contribution is -2.33. The van der Waals surface area contributed by atoms with Gasteiger partial charge in [-0.05, 0) is 24.6 Å². The lowest BCUT2D eigenvalue weighted by molar-refractivity contribution is 0.199. The Morgan fingerprint density at radius 2 is 2.05 bits per heavy atom. The van der Waals surface area contributed by atoms with Crippen molar-refractivity contribution in [3.8, 4) is 0 Å². The summed E-state index contributed by atoms with van der Waals surface area (Å²) in [7, 11) is -3.46. The lowest BCUT2D eigenvalue weighted by atomic mass is 10.1. The summed E-state index contributed by atoms with van der Waals surface area (Å²) in [6, 6.07) is 6.36. The summed E-state index contributed by atoms with van der Waals surface area (Å²) in [5.74, 6) is 3.23. The predicted octanol–water partition coefficient (Wildman–Crippen LogP) is 1.87. The van der Waals surface area contributed by atoms with Crippen molar-refractivity contribution in [2.45, 2.75) is 23.2 Å². The van der Waals surface area contributed by atoms with Crippen molar-refractivity contribution in [3.05, 3.63) is 29.8 Å². The quantitative estimate of drug-likeness (QED) is 0.861. The van der Waals surface area contributed by atoms with E-state index in [4.69, 9.17) is 0 Å². The summed E-state index contributed by atoms with van der Waals surface area (Å²) in [6.07, 6.45) is -0.588. The monoisotopic (exact) mass is 333 g/mol. The summed E-state index contributed by atoms with van der Waals surface area (Å²) in [6.45, 7) is 2.12. The molecule has 0 aromatic heterocycles. The van der Waals surface area contributed by atoms with Crippen LogP contribution < -0.4 is 4.72 Å². The maximum Gasteiger partial charge on any atom is 0.240 e. The molecule has 0 amide bonds. The molecule has 2 unspecified atom stereocenters. The van der Waals surface area contributed by atoms with Crippen LogP contribution in [0.25, 0.3) is 0 Å². The molecule has 2 atom stereocenters. The molecule has 1 heterocycles. The zero-order valence-corrected chi connectivity index (χ0v) is 13.7. The Hall–Kier alpha value is -0.210. The van der Waals surface area contributed by atoms with E-state index in [1.54, 1.807) is 19.1 Å². The molecule has 0 radical (unpaired) electrons. The SMILES string of the molecule is CC(O)c1ccc(S(=O)(=O)NCC2CSCCS2)cc1. The van der Waals surface area contributed by atoms with Crippen LogP contribution in [0.1, 0.15) is 18.6 Å². The highest BCUT2D eigenvalue weighted by Gasteiger charge is 2.19. The second-order valence-electron chi connectivity index (χ2n) is 4.66. The molecule has 7 heteroatoms. The third-order valence-electron chi connectivity index (χ3n) is 3.06. The van der Waals surface area contributed by atoms with Crippen LogP contribution in [0.4, 0.5) is 0 Å². The van der Waals surface area contributed by atoms with Gasteiger partial charge in [0.1, 0.15) is 0 Å². The molecule has 0 bridgehead atoms. The molecule has 20 heavy (non-hydrogen) atoms. The number of nitrogens with one attached hydrogen (secondary N) is 1. The molecule has 0 saturated carbocycles. The van der Waals surface area contributed by atoms with Gasteiger partial charge in [0.15, 0.2) is 0 Å². The van der Waals surface area contributed by atoms with E-state index in [-0.39, 0.29) is 4.90 Å². The molecule has 2 rings (SSSR count). The van der Waals surface area contributed by atoms with Crippen molar-refractivity contribution in [2.24, 2.45) is 0 Å². The van der Waals surface area contributed by atoms with E-state index < -0.39 is 16.1 Å². The normalized spacial score (nSPS) is 21.6. The van der Waals surface area contributed by atoms with Crippen LogP contribution in [-0.2, 0) is 10.0 Å². The molecule has 112 valence electrons. The van der Waals surface area contributed by atoms with Crippen LogP contribution in [0.5, 0.6) is 0 Å². The molecule has 1 fully saturated rings. The number of rotatable bonds is 5. The number of thioether (sulfide) groups is 2. The van der Waals surface area contributed by atoms with Gasteiger partial charge in [0.2, 0.25) is 10.0 Å². The zero-order valence-electron chi connectivity index (χ0n) is 11.3. The van der Waals surface area contributed by atoms with Crippen LogP contribution in [0.3, 0.4) is 0 Å². The summed E-state index contributed by atoms with van der Waals surface area (Å²) >= 11 is 3.70. The minimum Gasteiger partial charge on any atom is -0.389 e. The molecule has 1 saturated heterocycles. The standard InChI is InChI=1S/C13H19NO3S3/c1-10(15)11-2-4-13(5-3-11)20(16,17)14-8-12-9-18-6-7-19-12/h2-5,10,12,14-15H,6-9H2,1H3. The average Bonchev–Trinajstić information content (AvgIpc) is 2.46. The van der Waals surface area contributed by atoms with Crippen molar-refractivity contribution in [2.75, 3.05) is 23.8 Å². The Kier molecular flexibility index (Phi) is 5.80. The van der Waals surface area contributed by atoms with E-state index in [9.17, 15) is 13.5 Å². The minimum atomic E-state index is -3.46. The Morgan fingerprint density at radius 3 is 2.60 bits per heavy atom. The van der Waals surface area contributed by atoms with E-state index in [0.717, 1.165) is 17.3 Å². The largest absolute Gasteiger partial charge is 0.389 e. The molecule has 1 aliphatic rings. The molecule has 0 spiro atoms. The third kappa shape index (κ3) is 4.39. The van der Waals surface area contributed by atoms with E-state index in [2.05, 4.69) is 4.72 Å². The van der Waals surface area contributed by atoms with E-state index >= 15 is 0 Å². The van der Waals surface area contributed by atoms with Gasteiger partial charge in [0, 0.05) is 29.1 Å². The average molecular weight is 334 g/mol. The predicted molar refractivity (Wildman–Crippen MR) is 85.8 cm³/mol. The first-order valence-corrected chi connectivity index (χ1v) is 10.1. The number of sulfonamides is 1. The molecular formula is C13H19NO3S3. The minimum absolute atomic E-state index is 0.246. The highest BCUT2D eigenvalue weighted by molar-refractivity contribution is 8.06. The number of aliphatic hydroxyl groups excluding tert-OH is 1. The molecule has 4 nitrogen and oxygen atoms in total. The second kappa shape index (κ2) is 7.17. The third-order valence-corrected chi connectivity index (χ3v) is 7.34. The molecule has 2 N–H and O–H groups in total. The number of benzene rings is 1. The zero-order chi connectivity index (χ0) is 14.6. The molecule has 0 aliphatic carbocycles. The fourth-order valence-electron chi connectivity index (χ4n) is 1.87. The van der Waals surface area contributed by atoms with Gasteiger partial charge < -0.3 is 5.11 Å². The van der Waals surface area contributed by atoms with Gasteiger partial charge in [0.25, 0.3) is 0 Å². The van der Waals surface area contributed by atoms with Gasteiger partial charge in [-0.15, -0.1) is 0 Å². The van der Waals surface area contributed by atoms with Crippen molar-refractivity contribution in [1.29, 1.82) is 0 Å². The van der Waals surface area contributed by atoms with Crippen LogP contribution in [0.15, 0.2) is 29.2 Å². The van der Waals surface area contributed by atoms with E-state index in [0.29, 0.717) is 17.4 Å². The first-order chi connectivity index (χ1) is 9.49. The maximum atomic E-state index is 12.2. The Labute approximate surface area is 128 Å². The molecular weight excluding hydrogens is 314 g/mol. The van der Waals surface area contributed by atoms with Gasteiger partial charge in [0.05, 0.1) is 11.0 Å². The Bertz CT molecular complexity index is 522. The van der Waals surface area contributed by atoms with Gasteiger partial charge in [-0.1, -0.05) is 12.1 Å². The van der Waals surface area contributed by atoms with Gasteiger partial charge >= 0.3 is 0 Å². The highest BCUT2D eigenvalue weighted by atomic mass is 32.2. The van der Waals surface area contributed by atoms with Gasteiger partial charge in [-0.2, -0.15) is 23.5 Å². The fourth-order valence-corrected chi connectivity index (χ4v) is 5.66. The Morgan fingerprint density at radius 1 is 1.35 bits per heavy atom. The van der Waals surface area contributed by atoms with Crippen molar-refractivity contribution < 1.29 is 13.5 Å². The highest BCUT2D eigenvalue weighted by Crippen LogP contribution is 2.24. The topological polar surface area (TPSA) is 66.4 Å². The van der Waals surface area contributed by atoms with Crippen LogP contribution in [0, 0.1) is 0 Å². The number of hydrogen-bond donors (Lipinski definition) is 2. The summed E-state index contributed by atoms with van der Waals surface area (Å²) in [5, 5.41) is 9.77. The van der Waals surface area contributed by atoms with Crippen molar-refractivity contribution >= 4 is 33.5 Å². The van der Waals surface area contributed by atoms with E-state index in [1.165, 1.54) is 12.1 Å². The number of hydrogen-bond acceptors (Lipinski definition) is 5. The second-order valence-corrected chi connectivity index (χ2v) is 8.99. The molecule has 1 aromatic carbocycles. The summed E-state index contributed by atoms with van der Waals surface area (Å²) in [4.78, 5) is 0.246. The lowest BCUT2D eigenvalue weighted by Gasteiger charge is -2.21.